The van der Waals surface area contributed by atoms with E-state index >= 15 is 0 Å². The third-order valence-corrected chi connectivity index (χ3v) is 5.86. The molecule has 0 bridgehead atoms. The molecule has 11 heteroatoms. The van der Waals surface area contributed by atoms with Crippen molar-refractivity contribution in [2.75, 3.05) is 24.4 Å². The van der Waals surface area contributed by atoms with Gasteiger partial charge in [-0.2, -0.15) is 4.98 Å². The molecule has 32 heavy (non-hydrogen) atoms. The van der Waals surface area contributed by atoms with Gasteiger partial charge in [-0.05, 0) is 31.0 Å². The highest BCUT2D eigenvalue weighted by atomic mass is 19.3. The molecule has 1 aliphatic rings. The highest BCUT2D eigenvalue weighted by Crippen LogP contribution is 2.34. The minimum Gasteiger partial charge on any atom is -0.371 e. The molecule has 8 nitrogen and oxygen atoms in total. The second-order valence-corrected chi connectivity index (χ2v) is 8.00. The largest absolute Gasteiger partial charge is 0.371 e. The van der Waals surface area contributed by atoms with Gasteiger partial charge in [0.15, 0.2) is 11.5 Å². The third kappa shape index (κ3) is 3.71. The van der Waals surface area contributed by atoms with Crippen molar-refractivity contribution in [1.82, 2.24) is 29.1 Å². The van der Waals surface area contributed by atoms with Gasteiger partial charge in [-0.3, -0.25) is 0 Å². The van der Waals surface area contributed by atoms with Crippen molar-refractivity contribution in [2.45, 2.75) is 44.2 Å². The number of aryl methyl sites for hydroxylation is 1. The number of imidazole rings is 1. The van der Waals surface area contributed by atoms with Crippen LogP contribution in [0.4, 0.5) is 24.9 Å². The maximum atomic E-state index is 13.4. The molecule has 1 aliphatic carbocycles. The van der Waals surface area contributed by atoms with E-state index < -0.39 is 12.6 Å². The first-order chi connectivity index (χ1) is 15.5. The summed E-state index contributed by atoms with van der Waals surface area (Å²) in [5, 5.41) is 10.8. The van der Waals surface area contributed by atoms with Crippen LogP contribution in [0, 0.1) is 0 Å². The van der Waals surface area contributed by atoms with Gasteiger partial charge >= 0.3 is 0 Å². The molecule has 0 aromatic carbocycles. The van der Waals surface area contributed by atoms with E-state index in [-0.39, 0.29) is 25.4 Å². The molecule has 168 valence electrons. The fourth-order valence-electron chi connectivity index (χ4n) is 4.18. The van der Waals surface area contributed by atoms with Crippen molar-refractivity contribution in [3.63, 3.8) is 0 Å². The fourth-order valence-corrected chi connectivity index (χ4v) is 4.18. The van der Waals surface area contributed by atoms with E-state index in [1.54, 1.807) is 28.7 Å². The molecule has 0 atom stereocenters. The number of hydrogen-bond acceptors (Lipinski definition) is 6. The molecule has 0 radical (unpaired) electrons. The Balaban J connectivity index is 1.49. The molecule has 0 unspecified atom stereocenters. The Kier molecular flexibility index (Phi) is 5.10. The summed E-state index contributed by atoms with van der Waals surface area (Å²) in [5.41, 5.74) is 3.54. The monoisotopic (exact) mass is 444 g/mol. The zero-order valence-electron chi connectivity index (χ0n) is 17.5. The number of anilines is 2. The van der Waals surface area contributed by atoms with Crippen LogP contribution in [0.3, 0.4) is 0 Å². The molecule has 4 aromatic rings. The summed E-state index contributed by atoms with van der Waals surface area (Å²) < 4.78 is 43.1. The Morgan fingerprint density at radius 2 is 1.97 bits per heavy atom. The minimum atomic E-state index is -2.58. The summed E-state index contributed by atoms with van der Waals surface area (Å²) in [6, 6.07) is 5.51. The quantitative estimate of drug-likeness (QED) is 0.465. The van der Waals surface area contributed by atoms with Crippen LogP contribution < -0.4 is 10.6 Å². The third-order valence-electron chi connectivity index (χ3n) is 5.86. The first kappa shape index (κ1) is 20.5. The summed E-state index contributed by atoms with van der Waals surface area (Å²) in [7, 11) is 1.76. The molecule has 1 fully saturated rings. The minimum absolute atomic E-state index is 0.0910. The number of halogens is 3. The maximum Gasteiger partial charge on any atom is 0.248 e. The predicted molar refractivity (Wildman–Crippen MR) is 116 cm³/mol. The zero-order valence-corrected chi connectivity index (χ0v) is 17.5. The molecule has 2 N–H and O–H groups in total. The van der Waals surface area contributed by atoms with Gasteiger partial charge in [-0.1, -0.05) is 0 Å². The summed E-state index contributed by atoms with van der Waals surface area (Å²) >= 11 is 0. The lowest BCUT2D eigenvalue weighted by Crippen LogP contribution is -2.32. The van der Waals surface area contributed by atoms with Crippen LogP contribution in [0.1, 0.15) is 25.7 Å². The van der Waals surface area contributed by atoms with E-state index in [9.17, 15) is 13.2 Å². The number of aromatic nitrogens is 6. The normalized spacial score (nSPS) is 16.6. The zero-order chi connectivity index (χ0) is 22.3. The SMILES string of the molecule is CNc1nc(NC2CCC(F)(F)CC2)nn2ccc(-c3ccc4ncn(CCF)c4n3)c12. The van der Waals surface area contributed by atoms with Gasteiger partial charge in [0.25, 0.3) is 0 Å². The van der Waals surface area contributed by atoms with Crippen LogP contribution in [-0.4, -0.2) is 54.8 Å². The van der Waals surface area contributed by atoms with Crippen molar-refractivity contribution in [3.8, 4) is 11.3 Å². The highest BCUT2D eigenvalue weighted by Gasteiger charge is 2.35. The van der Waals surface area contributed by atoms with Gasteiger partial charge in [-0.25, -0.2) is 27.7 Å². The van der Waals surface area contributed by atoms with E-state index in [0.29, 0.717) is 41.5 Å². The fraction of sp³-hybridized carbons (Fsp3) is 0.429. The second kappa shape index (κ2) is 7.95. The Hall–Kier alpha value is -3.37. The summed E-state index contributed by atoms with van der Waals surface area (Å²) in [4.78, 5) is 13.5. The predicted octanol–water partition coefficient (Wildman–Crippen LogP) is 4.14. The summed E-state index contributed by atoms with van der Waals surface area (Å²) in [5.74, 6) is -1.62. The van der Waals surface area contributed by atoms with Crippen molar-refractivity contribution < 1.29 is 13.2 Å². The van der Waals surface area contributed by atoms with Crippen molar-refractivity contribution >= 4 is 28.4 Å². The van der Waals surface area contributed by atoms with Crippen LogP contribution in [0.2, 0.25) is 0 Å². The van der Waals surface area contributed by atoms with Gasteiger partial charge in [0, 0.05) is 37.7 Å². The van der Waals surface area contributed by atoms with E-state index in [2.05, 4.69) is 25.7 Å². The van der Waals surface area contributed by atoms with E-state index in [1.807, 2.05) is 18.2 Å². The second-order valence-electron chi connectivity index (χ2n) is 8.00. The van der Waals surface area contributed by atoms with Crippen molar-refractivity contribution in [2.24, 2.45) is 0 Å². The molecule has 5 rings (SSSR count). The Labute approximate surface area is 181 Å². The molecule has 0 aliphatic heterocycles. The van der Waals surface area contributed by atoms with Gasteiger partial charge in [-0.15, -0.1) is 5.10 Å². The Morgan fingerprint density at radius 3 is 2.72 bits per heavy atom. The van der Waals surface area contributed by atoms with Gasteiger partial charge in [0.2, 0.25) is 11.9 Å². The smallest absolute Gasteiger partial charge is 0.248 e. The van der Waals surface area contributed by atoms with Crippen LogP contribution >= 0.6 is 0 Å². The molecule has 1 saturated carbocycles. The molecule has 0 spiro atoms. The number of alkyl halides is 3. The number of pyridine rings is 1. The molecule has 0 amide bonds. The number of nitrogens with zero attached hydrogens (tertiary/aromatic N) is 6. The Morgan fingerprint density at radius 1 is 1.16 bits per heavy atom. The topological polar surface area (TPSA) is 85.0 Å². The van der Waals surface area contributed by atoms with Crippen molar-refractivity contribution in [1.29, 1.82) is 0 Å². The van der Waals surface area contributed by atoms with Crippen molar-refractivity contribution in [3.05, 3.63) is 30.7 Å². The number of rotatable bonds is 6. The number of hydrogen-bond donors (Lipinski definition) is 2. The average molecular weight is 444 g/mol. The summed E-state index contributed by atoms with van der Waals surface area (Å²) in [6.45, 7) is -0.310. The molecule has 4 aromatic heterocycles. The molecular weight excluding hydrogens is 421 g/mol. The lowest BCUT2D eigenvalue weighted by atomic mass is 9.92. The Bertz CT molecular complexity index is 1250. The summed E-state index contributed by atoms with van der Waals surface area (Å²) in [6.07, 6.45) is 3.87. The number of nitrogens with one attached hydrogen (secondary N) is 2. The standard InChI is InChI=1S/C21H23F3N8/c1-25-18-17-14(15-2-3-16-19(28-15)31(11-9-22)12-26-16)6-10-32(17)30-20(29-18)27-13-4-7-21(23,24)8-5-13/h2-3,6,10,12-13H,4-5,7-9,11H2,1H3,(H2,25,27,29,30). The first-order valence-corrected chi connectivity index (χ1v) is 10.6. The number of fused-ring (bicyclic) bond motifs is 2. The van der Waals surface area contributed by atoms with Crippen LogP contribution in [-0.2, 0) is 6.54 Å². The van der Waals surface area contributed by atoms with Crippen LogP contribution in [0.15, 0.2) is 30.7 Å². The van der Waals surface area contributed by atoms with Gasteiger partial charge in [0.1, 0.15) is 17.7 Å². The van der Waals surface area contributed by atoms with E-state index in [0.717, 1.165) is 11.1 Å². The van der Waals surface area contributed by atoms with Crippen LogP contribution in [0.25, 0.3) is 27.9 Å². The molecular formula is C21H23F3N8. The first-order valence-electron chi connectivity index (χ1n) is 10.6. The maximum absolute atomic E-state index is 13.4. The van der Waals surface area contributed by atoms with Crippen LogP contribution in [0.5, 0.6) is 0 Å². The molecule has 4 heterocycles. The highest BCUT2D eigenvalue weighted by molar-refractivity contribution is 5.89. The lowest BCUT2D eigenvalue weighted by Gasteiger charge is -2.28. The lowest BCUT2D eigenvalue weighted by molar-refractivity contribution is -0.0361. The van der Waals surface area contributed by atoms with Gasteiger partial charge < -0.3 is 15.2 Å². The van der Waals surface area contributed by atoms with E-state index in [4.69, 9.17) is 4.98 Å². The van der Waals surface area contributed by atoms with E-state index in [1.165, 1.54) is 0 Å². The van der Waals surface area contributed by atoms with Gasteiger partial charge in [0.05, 0.1) is 18.6 Å². The molecule has 0 saturated heterocycles. The average Bonchev–Trinajstić information content (AvgIpc) is 3.39.